The van der Waals surface area contributed by atoms with E-state index in [0.29, 0.717) is 17.0 Å². The van der Waals surface area contributed by atoms with Crippen molar-refractivity contribution in [3.63, 3.8) is 0 Å². The van der Waals surface area contributed by atoms with Gasteiger partial charge in [-0.05, 0) is 77.9 Å². The molecule has 12 rings (SSSR count). The third-order valence-electron chi connectivity index (χ3n) is 12.6. The van der Waals surface area contributed by atoms with E-state index in [1.165, 1.54) is 10.8 Å². The normalized spacial score (nSPS) is 11.3. The van der Waals surface area contributed by atoms with Gasteiger partial charge < -0.3 is 9.13 Å². The molecule has 0 radical (unpaired) electrons. The first-order chi connectivity index (χ1) is 32.6. The summed E-state index contributed by atoms with van der Waals surface area (Å²) in [6, 6.07) is 79.9. The molecule has 66 heavy (non-hydrogen) atoms. The molecule has 0 atom stereocenters. The number of hydrogen-bond acceptors (Lipinski definition) is 4. The standard InChI is InChI=1S/C60H36N6/c61-37-39-31-40(38-62)33-45(32-39)43-28-30-58-51(34-43)49-22-10-14-26-57(49)66(58)59-35-44(60-63-52(41-15-3-1-4-16-41)36-53(64-60)42-17-5-2-6-18-42)27-29-50(59)48-21-9-13-25-56(48)65-54-23-11-7-19-46(54)47-20-8-12-24-55(47)65/h1-36H. The predicted octanol–water partition coefficient (Wildman–Crippen LogP) is 14.7. The van der Waals surface area contributed by atoms with E-state index in [1.54, 1.807) is 6.07 Å². The van der Waals surface area contributed by atoms with Crippen LogP contribution in [0.4, 0.5) is 0 Å². The van der Waals surface area contributed by atoms with Crippen LogP contribution in [0.15, 0.2) is 218 Å². The van der Waals surface area contributed by atoms with Crippen molar-refractivity contribution in [2.45, 2.75) is 0 Å². The van der Waals surface area contributed by atoms with E-state index in [1.807, 2.05) is 48.5 Å². The van der Waals surface area contributed by atoms with Crippen molar-refractivity contribution in [2.75, 3.05) is 0 Å². The quantitative estimate of drug-likeness (QED) is 0.160. The van der Waals surface area contributed by atoms with Crippen LogP contribution in [0.2, 0.25) is 0 Å². The van der Waals surface area contributed by atoms with E-state index < -0.39 is 0 Å². The van der Waals surface area contributed by atoms with Crippen LogP contribution in [0.5, 0.6) is 0 Å². The Morgan fingerprint density at radius 2 is 0.788 bits per heavy atom. The second-order valence-corrected chi connectivity index (χ2v) is 16.4. The van der Waals surface area contributed by atoms with E-state index in [0.717, 1.165) is 94.5 Å². The Morgan fingerprint density at radius 1 is 0.318 bits per heavy atom. The minimum absolute atomic E-state index is 0.448. The van der Waals surface area contributed by atoms with E-state index >= 15 is 0 Å². The molecule has 0 bridgehead atoms. The van der Waals surface area contributed by atoms with Gasteiger partial charge in [-0.1, -0.05) is 152 Å². The number of nitriles is 2. The van der Waals surface area contributed by atoms with Crippen molar-refractivity contribution in [1.82, 2.24) is 19.1 Å². The van der Waals surface area contributed by atoms with Crippen LogP contribution >= 0.6 is 0 Å². The Bertz CT molecular complexity index is 3820. The first kappa shape index (κ1) is 38.3. The molecule has 306 valence electrons. The predicted molar refractivity (Wildman–Crippen MR) is 267 cm³/mol. The Hall–Kier alpha value is -9.36. The van der Waals surface area contributed by atoms with Gasteiger partial charge in [0.05, 0.1) is 68.1 Å². The van der Waals surface area contributed by atoms with Crippen molar-refractivity contribution in [3.05, 3.63) is 230 Å². The number of aromatic nitrogens is 4. The fraction of sp³-hybridized carbons (Fsp3) is 0. The second kappa shape index (κ2) is 15.8. The molecular formula is C60H36N6. The van der Waals surface area contributed by atoms with Crippen molar-refractivity contribution >= 4 is 43.6 Å². The molecule has 0 aliphatic heterocycles. The van der Waals surface area contributed by atoms with Crippen molar-refractivity contribution in [1.29, 1.82) is 10.5 Å². The SMILES string of the molecule is N#Cc1cc(C#N)cc(-c2ccc3c(c2)c2ccccc2n3-c2cc(-c3nc(-c4ccccc4)cc(-c4ccccc4)n3)ccc2-c2ccccc2-n2c3ccccc3c3ccccc32)c1. The van der Waals surface area contributed by atoms with Crippen LogP contribution in [-0.2, 0) is 0 Å². The molecule has 3 heterocycles. The van der Waals surface area contributed by atoms with Gasteiger partial charge in [0, 0.05) is 49.4 Å². The number of hydrogen-bond donors (Lipinski definition) is 0. The Kier molecular flexibility index (Phi) is 9.16. The lowest BCUT2D eigenvalue weighted by atomic mass is 9.98. The molecule has 0 saturated heterocycles. The maximum absolute atomic E-state index is 9.85. The van der Waals surface area contributed by atoms with Gasteiger partial charge in [-0.15, -0.1) is 0 Å². The van der Waals surface area contributed by atoms with Gasteiger partial charge in [-0.3, -0.25) is 0 Å². The number of fused-ring (bicyclic) bond motifs is 6. The fourth-order valence-electron chi connectivity index (χ4n) is 9.59. The van der Waals surface area contributed by atoms with Gasteiger partial charge >= 0.3 is 0 Å². The summed E-state index contributed by atoms with van der Waals surface area (Å²) in [7, 11) is 0. The summed E-state index contributed by atoms with van der Waals surface area (Å²) in [5.41, 5.74) is 15.6. The van der Waals surface area contributed by atoms with Gasteiger partial charge in [0.2, 0.25) is 0 Å². The Labute approximate surface area is 380 Å². The Morgan fingerprint density at radius 3 is 1.38 bits per heavy atom. The topological polar surface area (TPSA) is 83.2 Å². The summed E-state index contributed by atoms with van der Waals surface area (Å²) in [4.78, 5) is 10.6. The van der Waals surface area contributed by atoms with Gasteiger partial charge in [0.1, 0.15) is 0 Å². The molecule has 9 aromatic carbocycles. The zero-order valence-electron chi connectivity index (χ0n) is 35.5. The summed E-state index contributed by atoms with van der Waals surface area (Å²) in [5.74, 6) is 0.618. The molecule has 0 aliphatic carbocycles. The minimum atomic E-state index is 0.448. The minimum Gasteiger partial charge on any atom is -0.309 e. The maximum Gasteiger partial charge on any atom is 0.160 e. The maximum atomic E-state index is 9.85. The molecule has 6 heteroatoms. The lowest BCUT2D eigenvalue weighted by Crippen LogP contribution is -2.03. The largest absolute Gasteiger partial charge is 0.309 e. The van der Waals surface area contributed by atoms with Gasteiger partial charge in [-0.2, -0.15) is 10.5 Å². The third kappa shape index (κ3) is 6.41. The first-order valence-electron chi connectivity index (χ1n) is 21.8. The first-order valence-corrected chi connectivity index (χ1v) is 21.8. The lowest BCUT2D eigenvalue weighted by Gasteiger charge is -2.20. The summed E-state index contributed by atoms with van der Waals surface area (Å²) in [6.45, 7) is 0. The van der Waals surface area contributed by atoms with E-state index in [4.69, 9.17) is 9.97 Å². The van der Waals surface area contributed by atoms with Crippen LogP contribution in [0.1, 0.15) is 11.1 Å². The van der Waals surface area contributed by atoms with Crippen LogP contribution in [0.25, 0.3) is 111 Å². The molecule has 6 nitrogen and oxygen atoms in total. The van der Waals surface area contributed by atoms with Crippen molar-refractivity contribution in [2.24, 2.45) is 0 Å². The molecule has 0 unspecified atom stereocenters. The van der Waals surface area contributed by atoms with Crippen LogP contribution in [0, 0.1) is 22.7 Å². The number of nitrogens with zero attached hydrogens (tertiary/aromatic N) is 6. The van der Waals surface area contributed by atoms with Crippen molar-refractivity contribution < 1.29 is 0 Å². The third-order valence-corrected chi connectivity index (χ3v) is 12.6. The van der Waals surface area contributed by atoms with Crippen LogP contribution in [-0.4, -0.2) is 19.1 Å². The molecule has 0 spiro atoms. The molecule has 0 N–H and O–H groups in total. The smallest absolute Gasteiger partial charge is 0.160 e. The van der Waals surface area contributed by atoms with Crippen LogP contribution in [0.3, 0.4) is 0 Å². The second-order valence-electron chi connectivity index (χ2n) is 16.4. The lowest BCUT2D eigenvalue weighted by molar-refractivity contribution is 1.15. The molecule has 0 saturated carbocycles. The zero-order valence-corrected chi connectivity index (χ0v) is 35.5. The van der Waals surface area contributed by atoms with Gasteiger partial charge in [0.25, 0.3) is 0 Å². The summed E-state index contributed by atoms with van der Waals surface area (Å²) in [6.07, 6.45) is 0. The van der Waals surface area contributed by atoms with Gasteiger partial charge in [-0.25, -0.2) is 9.97 Å². The number of benzene rings is 9. The monoisotopic (exact) mass is 840 g/mol. The van der Waals surface area contributed by atoms with E-state index in [2.05, 4.69) is 185 Å². The Balaban J connectivity index is 1.15. The molecule has 0 amide bonds. The highest BCUT2D eigenvalue weighted by Gasteiger charge is 2.22. The van der Waals surface area contributed by atoms with E-state index in [-0.39, 0.29) is 0 Å². The molecule has 12 aromatic rings. The van der Waals surface area contributed by atoms with Crippen molar-refractivity contribution in [3.8, 4) is 79.7 Å². The average molecular weight is 841 g/mol. The highest BCUT2D eigenvalue weighted by Crippen LogP contribution is 2.43. The number of rotatable bonds is 7. The highest BCUT2D eigenvalue weighted by molar-refractivity contribution is 6.12. The van der Waals surface area contributed by atoms with Crippen LogP contribution < -0.4 is 0 Å². The average Bonchev–Trinajstić information content (AvgIpc) is 3.91. The molecule has 3 aromatic heterocycles. The summed E-state index contributed by atoms with van der Waals surface area (Å²) < 4.78 is 4.75. The summed E-state index contributed by atoms with van der Waals surface area (Å²) >= 11 is 0. The molecule has 0 aliphatic rings. The zero-order chi connectivity index (χ0) is 44.1. The van der Waals surface area contributed by atoms with E-state index in [9.17, 15) is 10.5 Å². The van der Waals surface area contributed by atoms with Gasteiger partial charge in [0.15, 0.2) is 5.82 Å². The fourth-order valence-corrected chi connectivity index (χ4v) is 9.59. The molecular weight excluding hydrogens is 805 g/mol. The molecule has 0 fully saturated rings. The highest BCUT2D eigenvalue weighted by atomic mass is 15.0. The number of para-hydroxylation sites is 4. The summed E-state index contributed by atoms with van der Waals surface area (Å²) in [5, 5.41) is 24.2.